The van der Waals surface area contributed by atoms with Crippen LogP contribution in [-0.4, -0.2) is 11.9 Å². The highest BCUT2D eigenvalue weighted by atomic mass is 35.5. The number of nitrogens with one attached hydrogen (secondary N) is 1. The standard InChI is InChI=1S/C18H16ClNO3/c1-13(21)20-17(11-14-7-3-2-4-8-14)18(22)23-12-15-9-5-6-10-16(15)19/h2-11H,12H2,1H3,(H,20,21)/b17-11-. The molecule has 0 radical (unpaired) electrons. The second-order valence-corrected chi connectivity index (χ2v) is 5.22. The molecule has 118 valence electrons. The summed E-state index contributed by atoms with van der Waals surface area (Å²) in [6, 6.07) is 16.3. The molecule has 1 N–H and O–H groups in total. The van der Waals surface area contributed by atoms with Gasteiger partial charge in [0.25, 0.3) is 0 Å². The zero-order valence-corrected chi connectivity index (χ0v) is 13.3. The van der Waals surface area contributed by atoms with Crippen LogP contribution in [0, 0.1) is 0 Å². The first-order valence-electron chi connectivity index (χ1n) is 7.01. The predicted octanol–water partition coefficient (Wildman–Crippen LogP) is 3.56. The van der Waals surface area contributed by atoms with Gasteiger partial charge in [-0.2, -0.15) is 0 Å². The Labute approximate surface area is 139 Å². The lowest BCUT2D eigenvalue weighted by Crippen LogP contribution is -2.26. The Morgan fingerprint density at radius 3 is 2.39 bits per heavy atom. The Kier molecular flexibility index (Phi) is 5.94. The third-order valence-electron chi connectivity index (χ3n) is 2.96. The minimum Gasteiger partial charge on any atom is -0.456 e. The summed E-state index contributed by atoms with van der Waals surface area (Å²) in [5.74, 6) is -0.967. The van der Waals surface area contributed by atoms with Crippen LogP contribution in [0.3, 0.4) is 0 Å². The summed E-state index contributed by atoms with van der Waals surface area (Å²) in [4.78, 5) is 23.5. The van der Waals surface area contributed by atoms with E-state index in [4.69, 9.17) is 16.3 Å². The van der Waals surface area contributed by atoms with E-state index in [1.807, 2.05) is 36.4 Å². The van der Waals surface area contributed by atoms with Gasteiger partial charge >= 0.3 is 5.97 Å². The van der Waals surface area contributed by atoms with Crippen LogP contribution in [0.4, 0.5) is 0 Å². The maximum atomic E-state index is 12.2. The van der Waals surface area contributed by atoms with Gasteiger partial charge in [0.1, 0.15) is 12.3 Å². The average Bonchev–Trinajstić information content (AvgIpc) is 2.54. The molecule has 2 rings (SSSR count). The summed E-state index contributed by atoms with van der Waals surface area (Å²) in [5, 5.41) is 3.02. The van der Waals surface area contributed by atoms with Gasteiger partial charge in [0, 0.05) is 17.5 Å². The summed E-state index contributed by atoms with van der Waals surface area (Å²) in [6.45, 7) is 1.37. The smallest absolute Gasteiger partial charge is 0.355 e. The minimum absolute atomic E-state index is 0.0320. The first-order chi connectivity index (χ1) is 11.1. The van der Waals surface area contributed by atoms with E-state index in [0.717, 1.165) is 5.56 Å². The topological polar surface area (TPSA) is 55.4 Å². The lowest BCUT2D eigenvalue weighted by molar-refractivity contribution is -0.141. The number of carbonyl (C=O) groups is 2. The predicted molar refractivity (Wildman–Crippen MR) is 89.5 cm³/mol. The molecule has 1 amide bonds. The van der Waals surface area contributed by atoms with Crippen molar-refractivity contribution in [1.82, 2.24) is 5.32 Å². The van der Waals surface area contributed by atoms with Gasteiger partial charge in [0.2, 0.25) is 5.91 Å². The highest BCUT2D eigenvalue weighted by Gasteiger charge is 2.13. The van der Waals surface area contributed by atoms with Gasteiger partial charge in [-0.15, -0.1) is 0 Å². The fourth-order valence-corrected chi connectivity index (χ4v) is 2.08. The molecule has 5 heteroatoms. The number of hydrogen-bond acceptors (Lipinski definition) is 3. The molecular weight excluding hydrogens is 314 g/mol. The number of esters is 1. The van der Waals surface area contributed by atoms with Crippen molar-refractivity contribution in [2.75, 3.05) is 0 Å². The van der Waals surface area contributed by atoms with E-state index in [1.165, 1.54) is 6.92 Å². The molecule has 0 bridgehead atoms. The number of hydrogen-bond donors (Lipinski definition) is 1. The van der Waals surface area contributed by atoms with Crippen LogP contribution in [0.2, 0.25) is 5.02 Å². The van der Waals surface area contributed by atoms with Crippen molar-refractivity contribution in [3.8, 4) is 0 Å². The summed E-state index contributed by atoms with van der Waals surface area (Å²) in [6.07, 6.45) is 1.57. The first kappa shape index (κ1) is 16.8. The molecule has 0 aliphatic heterocycles. The highest BCUT2D eigenvalue weighted by Crippen LogP contribution is 2.16. The molecule has 0 atom stereocenters. The maximum Gasteiger partial charge on any atom is 0.355 e. The quantitative estimate of drug-likeness (QED) is 0.674. The Morgan fingerprint density at radius 2 is 1.74 bits per heavy atom. The van der Waals surface area contributed by atoms with Crippen LogP contribution in [0.1, 0.15) is 18.1 Å². The van der Waals surface area contributed by atoms with E-state index in [-0.39, 0.29) is 18.2 Å². The van der Waals surface area contributed by atoms with Gasteiger partial charge in [-0.1, -0.05) is 60.1 Å². The van der Waals surface area contributed by atoms with Crippen LogP contribution in [0.5, 0.6) is 0 Å². The van der Waals surface area contributed by atoms with Crippen LogP contribution in [0.25, 0.3) is 6.08 Å². The summed E-state index contributed by atoms with van der Waals surface area (Å²) < 4.78 is 5.24. The fraction of sp³-hybridized carbons (Fsp3) is 0.111. The van der Waals surface area contributed by atoms with Crippen molar-refractivity contribution in [3.05, 3.63) is 76.4 Å². The Balaban J connectivity index is 2.12. The van der Waals surface area contributed by atoms with Gasteiger partial charge in [0.15, 0.2) is 0 Å². The number of rotatable bonds is 5. The van der Waals surface area contributed by atoms with Crippen LogP contribution in [0.15, 0.2) is 60.3 Å². The van der Waals surface area contributed by atoms with Gasteiger partial charge in [0.05, 0.1) is 0 Å². The van der Waals surface area contributed by atoms with Crippen molar-refractivity contribution in [1.29, 1.82) is 0 Å². The Morgan fingerprint density at radius 1 is 1.09 bits per heavy atom. The van der Waals surface area contributed by atoms with Crippen molar-refractivity contribution in [2.45, 2.75) is 13.5 Å². The number of amides is 1. The van der Waals surface area contributed by atoms with E-state index in [9.17, 15) is 9.59 Å². The Hall–Kier alpha value is -2.59. The largest absolute Gasteiger partial charge is 0.456 e. The molecule has 2 aromatic rings. The van der Waals surface area contributed by atoms with Crippen LogP contribution >= 0.6 is 11.6 Å². The van der Waals surface area contributed by atoms with E-state index >= 15 is 0 Å². The van der Waals surface area contributed by atoms with E-state index in [2.05, 4.69) is 5.32 Å². The summed E-state index contributed by atoms with van der Waals surface area (Å²) >= 11 is 6.03. The molecule has 0 aliphatic rings. The molecule has 0 aromatic heterocycles. The second kappa shape index (κ2) is 8.15. The second-order valence-electron chi connectivity index (χ2n) is 4.82. The van der Waals surface area contributed by atoms with Crippen LogP contribution in [-0.2, 0) is 20.9 Å². The van der Waals surface area contributed by atoms with E-state index in [0.29, 0.717) is 10.6 Å². The molecule has 4 nitrogen and oxygen atoms in total. The SMILES string of the molecule is CC(=O)N/C(=C\c1ccccc1)C(=O)OCc1ccccc1Cl. The lowest BCUT2D eigenvalue weighted by Gasteiger charge is -2.10. The number of ether oxygens (including phenoxy) is 1. The van der Waals surface area contributed by atoms with Crippen molar-refractivity contribution in [2.24, 2.45) is 0 Å². The molecular formula is C18H16ClNO3. The van der Waals surface area contributed by atoms with Gasteiger partial charge < -0.3 is 10.1 Å². The molecule has 0 saturated heterocycles. The van der Waals surface area contributed by atoms with Gasteiger partial charge in [-0.25, -0.2) is 4.79 Å². The average molecular weight is 330 g/mol. The molecule has 0 saturated carbocycles. The monoisotopic (exact) mass is 329 g/mol. The summed E-state index contributed by atoms with van der Waals surface area (Å²) in [5.41, 5.74) is 1.56. The van der Waals surface area contributed by atoms with Crippen molar-refractivity contribution < 1.29 is 14.3 Å². The minimum atomic E-state index is -0.621. The van der Waals surface area contributed by atoms with Crippen molar-refractivity contribution in [3.63, 3.8) is 0 Å². The molecule has 0 unspecified atom stereocenters. The molecule has 0 aliphatic carbocycles. The molecule has 0 fully saturated rings. The number of benzene rings is 2. The zero-order chi connectivity index (χ0) is 16.7. The highest BCUT2D eigenvalue weighted by molar-refractivity contribution is 6.31. The number of carbonyl (C=O) groups excluding carboxylic acids is 2. The molecule has 2 aromatic carbocycles. The van der Waals surface area contributed by atoms with Crippen molar-refractivity contribution >= 4 is 29.6 Å². The number of halogens is 1. The third kappa shape index (κ3) is 5.27. The summed E-state index contributed by atoms with van der Waals surface area (Å²) in [7, 11) is 0. The third-order valence-corrected chi connectivity index (χ3v) is 3.33. The van der Waals surface area contributed by atoms with E-state index < -0.39 is 5.97 Å². The lowest BCUT2D eigenvalue weighted by atomic mass is 10.2. The normalized spacial score (nSPS) is 11.0. The Bertz CT molecular complexity index is 726. The zero-order valence-electron chi connectivity index (χ0n) is 12.6. The van der Waals surface area contributed by atoms with Crippen LogP contribution < -0.4 is 5.32 Å². The maximum absolute atomic E-state index is 12.2. The van der Waals surface area contributed by atoms with E-state index in [1.54, 1.807) is 24.3 Å². The van der Waals surface area contributed by atoms with Gasteiger partial charge in [-0.05, 0) is 17.7 Å². The fourth-order valence-electron chi connectivity index (χ4n) is 1.89. The molecule has 0 heterocycles. The molecule has 0 spiro atoms. The molecule has 23 heavy (non-hydrogen) atoms. The first-order valence-corrected chi connectivity index (χ1v) is 7.39. The van der Waals surface area contributed by atoms with Gasteiger partial charge in [-0.3, -0.25) is 4.79 Å².